The molecule has 122 valence electrons. The largest absolute Gasteiger partial charge is 0.295 e. The molecule has 22 heavy (non-hydrogen) atoms. The summed E-state index contributed by atoms with van der Waals surface area (Å²) in [7, 11) is -3.89. The summed E-state index contributed by atoms with van der Waals surface area (Å²) in [5, 5.41) is 0. The molecule has 1 N–H and O–H groups in total. The van der Waals surface area contributed by atoms with Gasteiger partial charge in [-0.3, -0.25) is 9.59 Å². The number of ketones is 1. The standard InChI is InChI=1S/C16H23NO4S/c1-11(2)9-12(3)10-16(19)17-22(20,21)15-7-5-14(6-8-15)13(4)18/h5-8,11-12H,9-10H2,1-4H3,(H,17,19)/t12-/m1/s1. The maximum atomic E-state index is 12.1. The van der Waals surface area contributed by atoms with Gasteiger partial charge in [0.05, 0.1) is 4.90 Å². The highest BCUT2D eigenvalue weighted by Crippen LogP contribution is 2.16. The summed E-state index contributed by atoms with van der Waals surface area (Å²) >= 11 is 0. The lowest BCUT2D eigenvalue weighted by atomic mass is 9.96. The van der Waals surface area contributed by atoms with Gasteiger partial charge < -0.3 is 0 Å². The van der Waals surface area contributed by atoms with Gasteiger partial charge in [-0.25, -0.2) is 13.1 Å². The Hall–Kier alpha value is -1.69. The quantitative estimate of drug-likeness (QED) is 0.782. The molecule has 0 bridgehead atoms. The van der Waals surface area contributed by atoms with Crippen LogP contribution in [0.15, 0.2) is 29.2 Å². The van der Waals surface area contributed by atoms with Gasteiger partial charge in [0.15, 0.2) is 5.78 Å². The molecule has 1 aromatic rings. The zero-order valence-electron chi connectivity index (χ0n) is 13.4. The first kappa shape index (κ1) is 18.4. The van der Waals surface area contributed by atoms with Gasteiger partial charge in [0.1, 0.15) is 0 Å². The number of carbonyl (C=O) groups excluding carboxylic acids is 2. The highest BCUT2D eigenvalue weighted by Gasteiger charge is 2.19. The van der Waals surface area contributed by atoms with Crippen LogP contribution >= 0.6 is 0 Å². The molecule has 1 atom stereocenters. The van der Waals surface area contributed by atoms with Gasteiger partial charge in [-0.15, -0.1) is 0 Å². The number of hydrogen-bond donors (Lipinski definition) is 1. The van der Waals surface area contributed by atoms with Crippen molar-refractivity contribution in [2.24, 2.45) is 11.8 Å². The highest BCUT2D eigenvalue weighted by atomic mass is 32.2. The van der Waals surface area contributed by atoms with E-state index in [0.717, 1.165) is 6.42 Å². The molecule has 0 unspecified atom stereocenters. The second kappa shape index (κ2) is 7.54. The van der Waals surface area contributed by atoms with E-state index in [9.17, 15) is 18.0 Å². The van der Waals surface area contributed by atoms with Crippen molar-refractivity contribution in [3.05, 3.63) is 29.8 Å². The minimum Gasteiger partial charge on any atom is -0.295 e. The van der Waals surface area contributed by atoms with E-state index in [4.69, 9.17) is 0 Å². The van der Waals surface area contributed by atoms with E-state index in [1.54, 1.807) is 0 Å². The average molecular weight is 325 g/mol. The maximum absolute atomic E-state index is 12.1. The summed E-state index contributed by atoms with van der Waals surface area (Å²) in [5.74, 6) is -0.0758. The Morgan fingerprint density at radius 3 is 2.09 bits per heavy atom. The molecule has 0 saturated heterocycles. The molecule has 6 heteroatoms. The minimum atomic E-state index is -3.89. The van der Waals surface area contributed by atoms with E-state index in [-0.39, 0.29) is 23.0 Å². The van der Waals surface area contributed by atoms with Crippen LogP contribution < -0.4 is 4.72 Å². The van der Waals surface area contributed by atoms with Crippen LogP contribution in [0.5, 0.6) is 0 Å². The van der Waals surface area contributed by atoms with Crippen molar-refractivity contribution in [2.75, 3.05) is 0 Å². The third-order valence-corrected chi connectivity index (χ3v) is 4.62. The monoisotopic (exact) mass is 325 g/mol. The van der Waals surface area contributed by atoms with Gasteiger partial charge in [-0.2, -0.15) is 0 Å². The van der Waals surface area contributed by atoms with Gasteiger partial charge in [0.2, 0.25) is 5.91 Å². The van der Waals surface area contributed by atoms with E-state index < -0.39 is 15.9 Å². The van der Waals surface area contributed by atoms with E-state index in [1.165, 1.54) is 31.2 Å². The molecule has 1 aromatic carbocycles. The number of nitrogens with one attached hydrogen (secondary N) is 1. The lowest BCUT2D eigenvalue weighted by molar-refractivity contribution is -0.120. The Balaban J connectivity index is 2.74. The third-order valence-electron chi connectivity index (χ3n) is 3.23. The molecule has 0 heterocycles. The van der Waals surface area contributed by atoms with Crippen molar-refractivity contribution in [3.8, 4) is 0 Å². The average Bonchev–Trinajstić information content (AvgIpc) is 2.36. The summed E-state index contributed by atoms with van der Waals surface area (Å²) in [6, 6.07) is 5.51. The van der Waals surface area contributed by atoms with Crippen LogP contribution in [0.2, 0.25) is 0 Å². The van der Waals surface area contributed by atoms with Crippen molar-refractivity contribution >= 4 is 21.7 Å². The van der Waals surface area contributed by atoms with Crippen molar-refractivity contribution in [3.63, 3.8) is 0 Å². The van der Waals surface area contributed by atoms with Crippen LogP contribution in [0.4, 0.5) is 0 Å². The molecule has 0 saturated carbocycles. The second-order valence-corrected chi connectivity index (χ2v) is 7.73. The summed E-state index contributed by atoms with van der Waals surface area (Å²) in [5.41, 5.74) is 0.427. The van der Waals surface area contributed by atoms with E-state index in [0.29, 0.717) is 11.5 Å². The smallest absolute Gasteiger partial charge is 0.264 e. The lowest BCUT2D eigenvalue weighted by Crippen LogP contribution is -2.31. The van der Waals surface area contributed by atoms with Gasteiger partial charge in [-0.05, 0) is 37.3 Å². The van der Waals surface area contributed by atoms with Gasteiger partial charge in [0.25, 0.3) is 10.0 Å². The van der Waals surface area contributed by atoms with Gasteiger partial charge >= 0.3 is 0 Å². The highest BCUT2D eigenvalue weighted by molar-refractivity contribution is 7.90. The van der Waals surface area contributed by atoms with Crippen LogP contribution in [-0.2, 0) is 14.8 Å². The molecule has 1 rings (SSSR count). The van der Waals surface area contributed by atoms with Crippen LogP contribution in [0.25, 0.3) is 0 Å². The molecule has 0 aromatic heterocycles. The molecular formula is C16H23NO4S. The SMILES string of the molecule is CC(=O)c1ccc(S(=O)(=O)NC(=O)C[C@H](C)CC(C)C)cc1. The molecule has 5 nitrogen and oxygen atoms in total. The number of sulfonamides is 1. The Bertz CT molecular complexity index is 633. The molecular weight excluding hydrogens is 302 g/mol. The molecule has 0 fully saturated rings. The van der Waals surface area contributed by atoms with Crippen LogP contribution in [-0.4, -0.2) is 20.1 Å². The topological polar surface area (TPSA) is 80.3 Å². The number of Topliss-reactive ketones (excluding diaryl/α,β-unsaturated/α-hetero) is 1. The molecule has 0 aliphatic rings. The van der Waals surface area contributed by atoms with E-state index >= 15 is 0 Å². The Morgan fingerprint density at radius 2 is 1.64 bits per heavy atom. The Labute approximate surface area is 132 Å². The number of amides is 1. The molecule has 1 amide bonds. The first-order valence-electron chi connectivity index (χ1n) is 7.28. The Morgan fingerprint density at radius 1 is 1.09 bits per heavy atom. The first-order valence-corrected chi connectivity index (χ1v) is 8.76. The minimum absolute atomic E-state index is 0.0256. The molecule has 0 radical (unpaired) electrons. The fourth-order valence-corrected chi connectivity index (χ4v) is 3.32. The number of rotatable bonds is 7. The fraction of sp³-hybridized carbons (Fsp3) is 0.500. The van der Waals surface area contributed by atoms with Crippen LogP contribution in [0.3, 0.4) is 0 Å². The predicted molar refractivity (Wildman–Crippen MR) is 85.0 cm³/mol. The summed E-state index contributed by atoms with van der Waals surface area (Å²) in [4.78, 5) is 23.0. The molecule has 0 aliphatic heterocycles. The van der Waals surface area contributed by atoms with Gasteiger partial charge in [0, 0.05) is 12.0 Å². The Kier molecular flexibility index (Phi) is 6.29. The molecule has 0 spiro atoms. The molecule has 0 aliphatic carbocycles. The lowest BCUT2D eigenvalue weighted by Gasteiger charge is -2.14. The number of carbonyl (C=O) groups is 2. The summed E-state index contributed by atoms with van der Waals surface area (Å²) in [6.07, 6.45) is 1.03. The van der Waals surface area contributed by atoms with Gasteiger partial charge in [-0.1, -0.05) is 32.9 Å². The summed E-state index contributed by atoms with van der Waals surface area (Å²) < 4.78 is 26.3. The zero-order chi connectivity index (χ0) is 16.9. The normalized spacial score (nSPS) is 13.0. The van der Waals surface area contributed by atoms with Crippen molar-refractivity contribution in [1.29, 1.82) is 0 Å². The first-order chi connectivity index (χ1) is 10.1. The van der Waals surface area contributed by atoms with Crippen LogP contribution in [0, 0.1) is 11.8 Å². The predicted octanol–water partition coefficient (Wildman–Crippen LogP) is 2.77. The zero-order valence-corrected chi connectivity index (χ0v) is 14.2. The summed E-state index contributed by atoms with van der Waals surface area (Å²) in [6.45, 7) is 7.44. The number of benzene rings is 1. The van der Waals surface area contributed by atoms with Crippen molar-refractivity contribution in [1.82, 2.24) is 4.72 Å². The van der Waals surface area contributed by atoms with Crippen molar-refractivity contribution in [2.45, 2.75) is 45.4 Å². The van der Waals surface area contributed by atoms with E-state index in [1.807, 2.05) is 6.92 Å². The fourth-order valence-electron chi connectivity index (χ4n) is 2.32. The third kappa shape index (κ3) is 5.60. The van der Waals surface area contributed by atoms with Crippen molar-refractivity contribution < 1.29 is 18.0 Å². The van der Waals surface area contributed by atoms with E-state index in [2.05, 4.69) is 18.6 Å². The maximum Gasteiger partial charge on any atom is 0.264 e. The van der Waals surface area contributed by atoms with Crippen LogP contribution in [0.1, 0.15) is 50.9 Å². The second-order valence-electron chi connectivity index (χ2n) is 6.05. The number of hydrogen-bond acceptors (Lipinski definition) is 4.